The van der Waals surface area contributed by atoms with Gasteiger partial charge in [0.25, 0.3) is 5.91 Å². The smallest absolute Gasteiger partial charge is 0.324 e. The number of rotatable bonds is 6. The van der Waals surface area contributed by atoms with Gasteiger partial charge in [0, 0.05) is 5.69 Å². The van der Waals surface area contributed by atoms with E-state index in [1.807, 2.05) is 32.0 Å². The lowest BCUT2D eigenvalue weighted by atomic mass is 9.96. The Morgan fingerprint density at radius 2 is 1.84 bits per heavy atom. The molecular weight excluding hydrogens is 318 g/mol. The van der Waals surface area contributed by atoms with Gasteiger partial charge in [0.1, 0.15) is 12.1 Å². The summed E-state index contributed by atoms with van der Waals surface area (Å²) in [6.07, 6.45) is 3.47. The Bertz CT molecular complexity index is 704. The van der Waals surface area contributed by atoms with Gasteiger partial charge in [0.15, 0.2) is 0 Å². The quantitative estimate of drug-likeness (QED) is 0.779. The largest absolute Gasteiger partial charge is 0.325 e. The monoisotopic (exact) mass is 343 g/mol. The summed E-state index contributed by atoms with van der Waals surface area (Å²) in [7, 11) is 0. The fourth-order valence-corrected chi connectivity index (χ4v) is 3.52. The molecule has 2 N–H and O–H groups in total. The summed E-state index contributed by atoms with van der Waals surface area (Å²) in [6.45, 7) is 5.56. The van der Waals surface area contributed by atoms with Gasteiger partial charge in [0.2, 0.25) is 5.91 Å². The molecule has 1 heterocycles. The van der Waals surface area contributed by atoms with Gasteiger partial charge in [-0.25, -0.2) is 4.79 Å². The molecule has 1 saturated carbocycles. The van der Waals surface area contributed by atoms with Crippen molar-refractivity contribution in [1.29, 1.82) is 0 Å². The van der Waals surface area contributed by atoms with Crippen LogP contribution < -0.4 is 10.6 Å². The minimum atomic E-state index is -0.854. The maximum absolute atomic E-state index is 12.6. The minimum absolute atomic E-state index is 0.185. The lowest BCUT2D eigenvalue weighted by Crippen LogP contribution is -2.46. The van der Waals surface area contributed by atoms with E-state index in [-0.39, 0.29) is 24.3 Å². The van der Waals surface area contributed by atoms with Crippen molar-refractivity contribution in [1.82, 2.24) is 10.2 Å². The van der Waals surface area contributed by atoms with Crippen LogP contribution in [-0.4, -0.2) is 34.8 Å². The second-order valence-electron chi connectivity index (χ2n) is 7.00. The zero-order valence-corrected chi connectivity index (χ0v) is 15.0. The number of urea groups is 1. The maximum atomic E-state index is 12.6. The Morgan fingerprint density at radius 3 is 2.36 bits per heavy atom. The molecule has 2 fully saturated rings. The Hall–Kier alpha value is -2.37. The highest BCUT2D eigenvalue weighted by Gasteiger charge is 2.56. The first kappa shape index (κ1) is 17.5. The van der Waals surface area contributed by atoms with E-state index in [9.17, 15) is 14.4 Å². The van der Waals surface area contributed by atoms with E-state index < -0.39 is 11.6 Å². The number of hydrogen-bond donors (Lipinski definition) is 2. The van der Waals surface area contributed by atoms with Crippen molar-refractivity contribution < 1.29 is 14.4 Å². The van der Waals surface area contributed by atoms with Gasteiger partial charge in [0.05, 0.1) is 0 Å². The molecule has 2 aliphatic rings. The molecule has 0 unspecified atom stereocenters. The van der Waals surface area contributed by atoms with Crippen molar-refractivity contribution in [3.63, 3.8) is 0 Å². The summed E-state index contributed by atoms with van der Waals surface area (Å²) >= 11 is 0. The predicted molar refractivity (Wildman–Crippen MR) is 95.2 cm³/mol. The minimum Gasteiger partial charge on any atom is -0.324 e. The molecule has 134 valence electrons. The summed E-state index contributed by atoms with van der Waals surface area (Å²) in [5.74, 6) is -0.460. The highest BCUT2D eigenvalue weighted by molar-refractivity contribution is 6.10. The van der Waals surface area contributed by atoms with Crippen LogP contribution in [0.2, 0.25) is 0 Å². The van der Waals surface area contributed by atoms with Crippen molar-refractivity contribution in [3.05, 3.63) is 29.3 Å². The first-order valence-electron chi connectivity index (χ1n) is 8.95. The summed E-state index contributed by atoms with van der Waals surface area (Å²) in [4.78, 5) is 38.3. The fraction of sp³-hybridized carbons (Fsp3) is 0.526. The van der Waals surface area contributed by atoms with Gasteiger partial charge in [-0.3, -0.25) is 14.5 Å². The van der Waals surface area contributed by atoms with Crippen molar-refractivity contribution in [2.45, 2.75) is 52.0 Å². The third-order valence-electron chi connectivity index (χ3n) is 5.26. The SMILES string of the molecule is CCc1cccc(CC)c1NC(=O)CN1C(=O)N[C@@](C)(C2CC2)C1=O. The molecule has 6 nitrogen and oxygen atoms in total. The van der Waals surface area contributed by atoms with Gasteiger partial charge in [-0.1, -0.05) is 32.0 Å². The molecule has 0 radical (unpaired) electrons. The van der Waals surface area contributed by atoms with Crippen LogP contribution in [0, 0.1) is 5.92 Å². The topological polar surface area (TPSA) is 78.5 Å². The van der Waals surface area contributed by atoms with Crippen LogP contribution in [0.5, 0.6) is 0 Å². The number of carbonyl (C=O) groups is 3. The molecule has 1 aromatic carbocycles. The average molecular weight is 343 g/mol. The molecular formula is C19H25N3O3. The predicted octanol–water partition coefficient (Wildman–Crippen LogP) is 2.47. The van der Waals surface area contributed by atoms with E-state index in [4.69, 9.17) is 0 Å². The molecule has 0 spiro atoms. The Morgan fingerprint density at radius 1 is 1.24 bits per heavy atom. The normalized spacial score (nSPS) is 22.9. The number of aryl methyl sites for hydroxylation is 2. The van der Waals surface area contributed by atoms with Crippen LogP contribution in [0.1, 0.15) is 44.7 Å². The highest BCUT2D eigenvalue weighted by Crippen LogP contribution is 2.42. The lowest BCUT2D eigenvalue weighted by molar-refractivity contribution is -0.134. The zero-order chi connectivity index (χ0) is 18.2. The number of anilines is 1. The Balaban J connectivity index is 1.73. The van der Waals surface area contributed by atoms with Gasteiger partial charge in [-0.05, 0) is 49.7 Å². The Labute approximate surface area is 148 Å². The number of imide groups is 1. The number of nitrogens with one attached hydrogen (secondary N) is 2. The molecule has 4 amide bonds. The van der Waals surface area contributed by atoms with Crippen molar-refractivity contribution >= 4 is 23.5 Å². The molecule has 0 bridgehead atoms. The lowest BCUT2D eigenvalue weighted by Gasteiger charge is -2.21. The van der Waals surface area contributed by atoms with Gasteiger partial charge < -0.3 is 10.6 Å². The number of amides is 4. The van der Waals surface area contributed by atoms with Crippen LogP contribution in [0.25, 0.3) is 0 Å². The molecule has 1 aliphatic heterocycles. The molecule has 1 saturated heterocycles. The van der Waals surface area contributed by atoms with Gasteiger partial charge in [-0.2, -0.15) is 0 Å². The standard InChI is InChI=1S/C19H25N3O3/c1-4-12-7-6-8-13(5-2)16(12)20-15(23)11-22-17(24)19(3,14-9-10-14)21-18(22)25/h6-8,14H,4-5,9-11H2,1-3H3,(H,20,23)(H,21,25)/t19-/m0/s1. The zero-order valence-electron chi connectivity index (χ0n) is 15.0. The maximum Gasteiger partial charge on any atom is 0.325 e. The fourth-order valence-electron chi connectivity index (χ4n) is 3.52. The van der Waals surface area contributed by atoms with Crippen molar-refractivity contribution in [2.75, 3.05) is 11.9 Å². The van der Waals surface area contributed by atoms with Gasteiger partial charge >= 0.3 is 6.03 Å². The first-order chi connectivity index (χ1) is 11.9. The van der Waals surface area contributed by atoms with Crippen LogP contribution in [0.4, 0.5) is 10.5 Å². The molecule has 25 heavy (non-hydrogen) atoms. The molecule has 1 aliphatic carbocycles. The van der Waals surface area contributed by atoms with E-state index in [1.54, 1.807) is 6.92 Å². The molecule has 1 atom stereocenters. The van der Waals surface area contributed by atoms with Crippen LogP contribution >= 0.6 is 0 Å². The number of hydrogen-bond acceptors (Lipinski definition) is 3. The summed E-state index contributed by atoms with van der Waals surface area (Å²) in [6, 6.07) is 5.46. The average Bonchev–Trinajstić information content (AvgIpc) is 3.41. The van der Waals surface area contributed by atoms with Crippen molar-refractivity contribution in [3.8, 4) is 0 Å². The summed E-state index contributed by atoms with van der Waals surface area (Å²) in [5.41, 5.74) is 2.04. The van der Waals surface area contributed by atoms with Crippen molar-refractivity contribution in [2.24, 2.45) is 5.92 Å². The van der Waals surface area contributed by atoms with Crippen LogP contribution in [0.15, 0.2) is 18.2 Å². The van der Waals surface area contributed by atoms with Crippen LogP contribution in [-0.2, 0) is 22.4 Å². The third kappa shape index (κ3) is 3.13. The van der Waals surface area contributed by atoms with E-state index in [1.165, 1.54) is 0 Å². The van der Waals surface area contributed by atoms with E-state index in [0.29, 0.717) is 0 Å². The molecule has 1 aromatic rings. The van der Waals surface area contributed by atoms with E-state index in [0.717, 1.165) is 47.4 Å². The second kappa shape index (κ2) is 6.50. The number of para-hydroxylation sites is 1. The third-order valence-corrected chi connectivity index (χ3v) is 5.26. The number of nitrogens with zero attached hydrogens (tertiary/aromatic N) is 1. The van der Waals surface area contributed by atoms with Crippen LogP contribution in [0.3, 0.4) is 0 Å². The van der Waals surface area contributed by atoms with E-state index in [2.05, 4.69) is 10.6 Å². The second-order valence-corrected chi connectivity index (χ2v) is 7.00. The summed E-state index contributed by atoms with van der Waals surface area (Å²) in [5, 5.41) is 5.67. The summed E-state index contributed by atoms with van der Waals surface area (Å²) < 4.78 is 0. The first-order valence-corrected chi connectivity index (χ1v) is 8.95. The number of carbonyl (C=O) groups excluding carboxylic acids is 3. The molecule has 3 rings (SSSR count). The Kier molecular flexibility index (Phi) is 4.54. The van der Waals surface area contributed by atoms with Gasteiger partial charge in [-0.15, -0.1) is 0 Å². The molecule has 0 aromatic heterocycles. The van der Waals surface area contributed by atoms with E-state index >= 15 is 0 Å². The highest BCUT2D eigenvalue weighted by atomic mass is 16.2. The number of benzene rings is 1. The molecule has 6 heteroatoms.